The van der Waals surface area contributed by atoms with E-state index in [4.69, 9.17) is 10.2 Å². The largest absolute Gasteiger partial charge is 0.459 e. The third-order valence-electron chi connectivity index (χ3n) is 3.18. The van der Waals surface area contributed by atoms with E-state index in [0.29, 0.717) is 12.2 Å². The first-order chi connectivity index (χ1) is 10.1. The van der Waals surface area contributed by atoms with Crippen molar-refractivity contribution in [2.75, 3.05) is 5.32 Å². The maximum absolute atomic E-state index is 13.4. The number of para-hydroxylation sites is 1. The second kappa shape index (κ2) is 5.28. The van der Waals surface area contributed by atoms with Gasteiger partial charge < -0.3 is 15.5 Å². The molecule has 0 radical (unpaired) electrons. The summed E-state index contributed by atoms with van der Waals surface area (Å²) in [5.41, 5.74) is 6.40. The molecule has 4 nitrogen and oxygen atoms in total. The Bertz CT molecular complexity index is 778. The van der Waals surface area contributed by atoms with Crippen LogP contribution in [0.15, 0.2) is 52.9 Å². The van der Waals surface area contributed by atoms with Gasteiger partial charge in [0.15, 0.2) is 0 Å². The van der Waals surface area contributed by atoms with Crippen molar-refractivity contribution < 1.29 is 13.6 Å². The zero-order valence-corrected chi connectivity index (χ0v) is 11.1. The van der Waals surface area contributed by atoms with Crippen LogP contribution in [0.3, 0.4) is 0 Å². The minimum atomic E-state index is -0.792. The van der Waals surface area contributed by atoms with E-state index in [0.717, 1.165) is 16.7 Å². The van der Waals surface area contributed by atoms with Gasteiger partial charge in [-0.1, -0.05) is 18.2 Å². The SMILES string of the molecule is NC(=O)c1cc(NCc2cc3ccccc3o2)ccc1F. The van der Waals surface area contributed by atoms with Crippen LogP contribution in [-0.2, 0) is 6.54 Å². The Morgan fingerprint density at radius 3 is 2.76 bits per heavy atom. The topological polar surface area (TPSA) is 68.3 Å². The molecule has 21 heavy (non-hydrogen) atoms. The lowest BCUT2D eigenvalue weighted by molar-refractivity contribution is 0.0996. The van der Waals surface area contributed by atoms with E-state index in [9.17, 15) is 9.18 Å². The molecule has 106 valence electrons. The number of nitrogens with one attached hydrogen (secondary N) is 1. The Balaban J connectivity index is 1.78. The van der Waals surface area contributed by atoms with Crippen LogP contribution in [0.2, 0.25) is 0 Å². The molecule has 0 atom stereocenters. The number of benzene rings is 2. The Hall–Kier alpha value is -2.82. The van der Waals surface area contributed by atoms with Crippen molar-refractivity contribution in [3.63, 3.8) is 0 Å². The second-order valence-corrected chi connectivity index (χ2v) is 4.66. The number of halogens is 1. The van der Waals surface area contributed by atoms with Gasteiger partial charge in [-0.15, -0.1) is 0 Å². The number of rotatable bonds is 4. The number of hydrogen-bond donors (Lipinski definition) is 2. The van der Waals surface area contributed by atoms with Crippen LogP contribution in [0.5, 0.6) is 0 Å². The molecule has 0 aliphatic carbocycles. The fourth-order valence-corrected chi connectivity index (χ4v) is 2.14. The maximum atomic E-state index is 13.4. The number of furan rings is 1. The lowest BCUT2D eigenvalue weighted by Crippen LogP contribution is -2.13. The van der Waals surface area contributed by atoms with Crippen LogP contribution in [0.25, 0.3) is 11.0 Å². The molecule has 2 aromatic carbocycles. The predicted octanol–water partition coefficient (Wildman–Crippen LogP) is 3.28. The lowest BCUT2D eigenvalue weighted by atomic mass is 10.1. The van der Waals surface area contributed by atoms with Gasteiger partial charge in [0, 0.05) is 11.1 Å². The maximum Gasteiger partial charge on any atom is 0.251 e. The van der Waals surface area contributed by atoms with Gasteiger partial charge in [0.2, 0.25) is 0 Å². The second-order valence-electron chi connectivity index (χ2n) is 4.66. The van der Waals surface area contributed by atoms with E-state index in [2.05, 4.69) is 5.32 Å². The summed E-state index contributed by atoms with van der Waals surface area (Å²) in [6, 6.07) is 13.8. The molecule has 3 rings (SSSR count). The van der Waals surface area contributed by atoms with Gasteiger partial charge in [0.1, 0.15) is 17.2 Å². The highest BCUT2D eigenvalue weighted by atomic mass is 19.1. The van der Waals surface area contributed by atoms with Gasteiger partial charge in [0.25, 0.3) is 5.91 Å². The van der Waals surface area contributed by atoms with Crippen molar-refractivity contribution in [2.45, 2.75) is 6.54 Å². The zero-order chi connectivity index (χ0) is 14.8. The number of anilines is 1. The summed E-state index contributed by atoms with van der Waals surface area (Å²) < 4.78 is 19.0. The van der Waals surface area contributed by atoms with Gasteiger partial charge >= 0.3 is 0 Å². The van der Waals surface area contributed by atoms with Crippen molar-refractivity contribution in [2.24, 2.45) is 5.73 Å². The molecule has 0 spiro atoms. The van der Waals surface area contributed by atoms with Crippen LogP contribution < -0.4 is 11.1 Å². The van der Waals surface area contributed by atoms with Crippen molar-refractivity contribution in [1.82, 2.24) is 0 Å². The zero-order valence-electron chi connectivity index (χ0n) is 11.1. The average Bonchev–Trinajstić information content (AvgIpc) is 2.89. The molecular formula is C16H13FN2O2. The number of fused-ring (bicyclic) bond motifs is 1. The highest BCUT2D eigenvalue weighted by molar-refractivity contribution is 5.94. The number of primary amides is 1. The van der Waals surface area contributed by atoms with Gasteiger partial charge in [-0.2, -0.15) is 0 Å². The smallest absolute Gasteiger partial charge is 0.251 e. The number of carbonyl (C=O) groups is 1. The van der Waals surface area contributed by atoms with Crippen LogP contribution in [0.1, 0.15) is 16.1 Å². The third-order valence-corrected chi connectivity index (χ3v) is 3.18. The number of hydrogen-bond acceptors (Lipinski definition) is 3. The quantitative estimate of drug-likeness (QED) is 0.772. The summed E-state index contributed by atoms with van der Waals surface area (Å²) in [4.78, 5) is 11.1. The van der Waals surface area contributed by atoms with Gasteiger partial charge in [-0.3, -0.25) is 4.79 Å². The molecule has 0 bridgehead atoms. The molecule has 0 fully saturated rings. The van der Waals surface area contributed by atoms with Crippen LogP contribution in [0, 0.1) is 5.82 Å². The highest BCUT2D eigenvalue weighted by Gasteiger charge is 2.09. The summed E-state index contributed by atoms with van der Waals surface area (Å²) in [5, 5.41) is 4.10. The van der Waals surface area contributed by atoms with Gasteiger partial charge in [-0.05, 0) is 30.3 Å². The summed E-state index contributed by atoms with van der Waals surface area (Å²) in [6.45, 7) is 0.429. The summed E-state index contributed by atoms with van der Waals surface area (Å²) in [5.74, 6) is -0.669. The van der Waals surface area contributed by atoms with E-state index >= 15 is 0 Å². The Labute approximate surface area is 120 Å². The molecule has 0 aliphatic heterocycles. The summed E-state index contributed by atoms with van der Waals surface area (Å²) in [6.07, 6.45) is 0. The highest BCUT2D eigenvalue weighted by Crippen LogP contribution is 2.20. The number of carbonyl (C=O) groups excluding carboxylic acids is 1. The van der Waals surface area contributed by atoms with E-state index in [-0.39, 0.29) is 5.56 Å². The number of amides is 1. The first-order valence-corrected chi connectivity index (χ1v) is 6.44. The molecule has 3 N–H and O–H groups in total. The van der Waals surface area contributed by atoms with Crippen molar-refractivity contribution >= 4 is 22.6 Å². The Kier molecular flexibility index (Phi) is 3.31. The molecule has 3 aromatic rings. The first-order valence-electron chi connectivity index (χ1n) is 6.44. The standard InChI is InChI=1S/C16H13FN2O2/c17-14-6-5-11(8-13(14)16(18)20)19-9-12-7-10-3-1-2-4-15(10)21-12/h1-8,19H,9H2,(H2,18,20). The molecule has 1 aromatic heterocycles. The van der Waals surface area contributed by atoms with Crippen LogP contribution >= 0.6 is 0 Å². The molecule has 1 heterocycles. The Morgan fingerprint density at radius 1 is 1.19 bits per heavy atom. The van der Waals surface area contributed by atoms with E-state index < -0.39 is 11.7 Å². The molecule has 0 unspecified atom stereocenters. The molecule has 1 amide bonds. The molecule has 0 aliphatic rings. The molecule has 0 saturated heterocycles. The van der Waals surface area contributed by atoms with Gasteiger partial charge in [0.05, 0.1) is 12.1 Å². The van der Waals surface area contributed by atoms with Crippen molar-refractivity contribution in [3.8, 4) is 0 Å². The predicted molar refractivity (Wildman–Crippen MR) is 78.5 cm³/mol. The lowest BCUT2D eigenvalue weighted by Gasteiger charge is -2.06. The molecule has 5 heteroatoms. The number of nitrogens with two attached hydrogens (primary N) is 1. The summed E-state index contributed by atoms with van der Waals surface area (Å²) >= 11 is 0. The average molecular weight is 284 g/mol. The Morgan fingerprint density at radius 2 is 2.00 bits per heavy atom. The molecule has 0 saturated carbocycles. The first kappa shape index (κ1) is 13.2. The minimum Gasteiger partial charge on any atom is -0.459 e. The normalized spacial score (nSPS) is 10.7. The van der Waals surface area contributed by atoms with E-state index in [1.165, 1.54) is 12.1 Å². The third kappa shape index (κ3) is 2.72. The van der Waals surface area contributed by atoms with Crippen molar-refractivity contribution in [3.05, 3.63) is 65.7 Å². The van der Waals surface area contributed by atoms with Crippen LogP contribution in [-0.4, -0.2) is 5.91 Å². The summed E-state index contributed by atoms with van der Waals surface area (Å²) in [7, 11) is 0. The van der Waals surface area contributed by atoms with Crippen molar-refractivity contribution in [1.29, 1.82) is 0 Å². The van der Waals surface area contributed by atoms with Crippen LogP contribution in [0.4, 0.5) is 10.1 Å². The van der Waals surface area contributed by atoms with E-state index in [1.807, 2.05) is 30.3 Å². The monoisotopic (exact) mass is 284 g/mol. The molecular weight excluding hydrogens is 271 g/mol. The van der Waals surface area contributed by atoms with Gasteiger partial charge in [-0.25, -0.2) is 4.39 Å². The van der Waals surface area contributed by atoms with E-state index in [1.54, 1.807) is 6.07 Å². The minimum absolute atomic E-state index is 0.135. The fourth-order valence-electron chi connectivity index (χ4n) is 2.14. The fraction of sp³-hybridized carbons (Fsp3) is 0.0625.